The van der Waals surface area contributed by atoms with Gasteiger partial charge in [-0.3, -0.25) is 15.1 Å². The maximum atomic E-state index is 10.9. The summed E-state index contributed by atoms with van der Waals surface area (Å²) < 4.78 is 0. The first kappa shape index (κ1) is 12.3. The van der Waals surface area contributed by atoms with Gasteiger partial charge in [0.15, 0.2) is 0 Å². The van der Waals surface area contributed by atoms with E-state index in [1.54, 1.807) is 18.3 Å². The molecule has 1 heterocycles. The SMILES string of the molecule is CC(CO)Nc1ccc([N+](=O)[O-])c2cnccc12. The van der Waals surface area contributed by atoms with E-state index in [4.69, 9.17) is 5.11 Å². The van der Waals surface area contributed by atoms with E-state index in [0.29, 0.717) is 5.39 Å². The van der Waals surface area contributed by atoms with Crippen LogP contribution in [0.3, 0.4) is 0 Å². The van der Waals surface area contributed by atoms with Gasteiger partial charge >= 0.3 is 0 Å². The number of nitro benzene ring substituents is 1. The van der Waals surface area contributed by atoms with Gasteiger partial charge in [0, 0.05) is 35.6 Å². The molecule has 1 atom stereocenters. The summed E-state index contributed by atoms with van der Waals surface area (Å²) in [6, 6.07) is 4.68. The number of fused-ring (bicyclic) bond motifs is 1. The first-order chi connectivity index (χ1) is 8.63. The van der Waals surface area contributed by atoms with Crippen molar-refractivity contribution in [1.29, 1.82) is 0 Å². The number of nitrogens with one attached hydrogen (secondary N) is 1. The molecule has 0 bridgehead atoms. The van der Waals surface area contributed by atoms with Crippen molar-refractivity contribution in [3.05, 3.63) is 40.7 Å². The molecule has 6 nitrogen and oxygen atoms in total. The Morgan fingerprint density at radius 3 is 2.89 bits per heavy atom. The van der Waals surface area contributed by atoms with Gasteiger partial charge in [-0.15, -0.1) is 0 Å². The minimum atomic E-state index is -0.427. The lowest BCUT2D eigenvalue weighted by Crippen LogP contribution is -2.19. The molecule has 0 aliphatic rings. The standard InChI is InChI=1S/C12H13N3O3/c1-8(7-16)14-11-2-3-12(15(17)18)10-6-13-5-4-9(10)11/h2-6,8,14,16H,7H2,1H3. The largest absolute Gasteiger partial charge is 0.394 e. The zero-order chi connectivity index (χ0) is 13.1. The van der Waals surface area contributed by atoms with Crippen LogP contribution in [-0.4, -0.2) is 27.7 Å². The zero-order valence-electron chi connectivity index (χ0n) is 9.83. The minimum absolute atomic E-state index is 0.0104. The molecule has 0 saturated heterocycles. The summed E-state index contributed by atoms with van der Waals surface area (Å²) in [5, 5.41) is 24.3. The highest BCUT2D eigenvalue weighted by molar-refractivity contribution is 5.99. The molecule has 0 radical (unpaired) electrons. The van der Waals surface area contributed by atoms with Crippen molar-refractivity contribution in [3.8, 4) is 0 Å². The van der Waals surface area contributed by atoms with Crippen LogP contribution in [0.1, 0.15) is 6.92 Å². The molecular formula is C12H13N3O3. The topological polar surface area (TPSA) is 88.3 Å². The second-order valence-corrected chi connectivity index (χ2v) is 4.04. The van der Waals surface area contributed by atoms with Crippen LogP contribution < -0.4 is 5.32 Å². The second-order valence-electron chi connectivity index (χ2n) is 4.04. The van der Waals surface area contributed by atoms with Crippen molar-refractivity contribution in [3.63, 3.8) is 0 Å². The number of aliphatic hydroxyl groups excluding tert-OH is 1. The number of anilines is 1. The Morgan fingerprint density at radius 2 is 2.22 bits per heavy atom. The Labute approximate surface area is 103 Å². The summed E-state index contributed by atoms with van der Waals surface area (Å²) in [6.07, 6.45) is 3.06. The van der Waals surface area contributed by atoms with Crippen molar-refractivity contribution in [1.82, 2.24) is 4.98 Å². The fourth-order valence-electron chi connectivity index (χ4n) is 1.77. The summed E-state index contributed by atoms with van der Waals surface area (Å²) >= 11 is 0. The number of pyridine rings is 1. The number of benzene rings is 1. The molecule has 1 unspecified atom stereocenters. The number of hydrogen-bond donors (Lipinski definition) is 2. The summed E-state index contributed by atoms with van der Waals surface area (Å²) in [5.41, 5.74) is 0.778. The molecule has 2 rings (SSSR count). The van der Waals surface area contributed by atoms with Crippen LogP contribution in [0, 0.1) is 10.1 Å². The van der Waals surface area contributed by atoms with E-state index in [0.717, 1.165) is 11.1 Å². The molecule has 18 heavy (non-hydrogen) atoms. The molecular weight excluding hydrogens is 234 g/mol. The van der Waals surface area contributed by atoms with Crippen molar-refractivity contribution in [2.45, 2.75) is 13.0 Å². The number of aromatic nitrogens is 1. The normalized spacial score (nSPS) is 12.3. The van der Waals surface area contributed by atoms with Crippen LogP contribution in [0.25, 0.3) is 10.8 Å². The Bertz CT molecular complexity index is 586. The zero-order valence-corrected chi connectivity index (χ0v) is 9.83. The van der Waals surface area contributed by atoms with Gasteiger partial charge in [-0.25, -0.2) is 0 Å². The summed E-state index contributed by atoms with van der Waals surface area (Å²) in [6.45, 7) is 1.82. The van der Waals surface area contributed by atoms with Gasteiger partial charge in [0.25, 0.3) is 5.69 Å². The van der Waals surface area contributed by atoms with E-state index in [2.05, 4.69) is 10.3 Å². The molecule has 2 N–H and O–H groups in total. The molecule has 2 aromatic rings. The van der Waals surface area contributed by atoms with Gasteiger partial charge in [-0.05, 0) is 19.1 Å². The van der Waals surface area contributed by atoms with Crippen LogP contribution >= 0.6 is 0 Å². The number of non-ortho nitro benzene ring substituents is 1. The first-order valence-corrected chi connectivity index (χ1v) is 5.52. The average Bonchev–Trinajstić information content (AvgIpc) is 2.38. The van der Waals surface area contributed by atoms with E-state index >= 15 is 0 Å². The van der Waals surface area contributed by atoms with Gasteiger partial charge < -0.3 is 10.4 Å². The highest BCUT2D eigenvalue weighted by Crippen LogP contribution is 2.30. The van der Waals surface area contributed by atoms with Crippen LogP contribution in [-0.2, 0) is 0 Å². The minimum Gasteiger partial charge on any atom is -0.394 e. The lowest BCUT2D eigenvalue weighted by molar-refractivity contribution is -0.383. The molecule has 1 aromatic carbocycles. The second kappa shape index (κ2) is 4.97. The smallest absolute Gasteiger partial charge is 0.278 e. The lowest BCUT2D eigenvalue weighted by atomic mass is 10.1. The predicted octanol–water partition coefficient (Wildman–Crippen LogP) is 1.94. The number of nitro groups is 1. The fraction of sp³-hybridized carbons (Fsp3) is 0.250. The third-order valence-electron chi connectivity index (χ3n) is 2.67. The molecule has 0 aliphatic carbocycles. The van der Waals surface area contributed by atoms with Gasteiger partial charge in [0.1, 0.15) is 0 Å². The molecule has 0 amide bonds. The fourth-order valence-corrected chi connectivity index (χ4v) is 1.77. The quantitative estimate of drug-likeness (QED) is 0.636. The summed E-state index contributed by atoms with van der Waals surface area (Å²) in [7, 11) is 0. The van der Waals surface area contributed by atoms with Crippen LogP contribution in [0.4, 0.5) is 11.4 Å². The molecule has 0 spiro atoms. The number of rotatable bonds is 4. The van der Waals surface area contributed by atoms with Crippen LogP contribution in [0.5, 0.6) is 0 Å². The van der Waals surface area contributed by atoms with E-state index in [1.165, 1.54) is 12.3 Å². The third-order valence-corrected chi connectivity index (χ3v) is 2.67. The number of aliphatic hydroxyl groups is 1. The molecule has 6 heteroatoms. The highest BCUT2D eigenvalue weighted by Gasteiger charge is 2.14. The number of nitrogens with zero attached hydrogens (tertiary/aromatic N) is 2. The Hall–Kier alpha value is -2.21. The van der Waals surface area contributed by atoms with E-state index in [-0.39, 0.29) is 18.3 Å². The Kier molecular flexibility index (Phi) is 3.38. The average molecular weight is 247 g/mol. The molecule has 1 aromatic heterocycles. The van der Waals surface area contributed by atoms with E-state index in [1.807, 2.05) is 6.92 Å². The maximum Gasteiger partial charge on any atom is 0.278 e. The number of hydrogen-bond acceptors (Lipinski definition) is 5. The van der Waals surface area contributed by atoms with Crippen molar-refractivity contribution in [2.75, 3.05) is 11.9 Å². The maximum absolute atomic E-state index is 10.9. The van der Waals surface area contributed by atoms with Crippen LogP contribution in [0.2, 0.25) is 0 Å². The third kappa shape index (κ3) is 2.23. The lowest BCUT2D eigenvalue weighted by Gasteiger charge is -2.14. The van der Waals surface area contributed by atoms with Crippen molar-refractivity contribution in [2.24, 2.45) is 0 Å². The first-order valence-electron chi connectivity index (χ1n) is 5.52. The highest BCUT2D eigenvalue weighted by atomic mass is 16.6. The monoisotopic (exact) mass is 247 g/mol. The van der Waals surface area contributed by atoms with Crippen LogP contribution in [0.15, 0.2) is 30.6 Å². The molecule has 0 aliphatic heterocycles. The van der Waals surface area contributed by atoms with Gasteiger partial charge in [-0.2, -0.15) is 0 Å². The molecule has 0 saturated carbocycles. The predicted molar refractivity (Wildman–Crippen MR) is 68.6 cm³/mol. The van der Waals surface area contributed by atoms with Crippen molar-refractivity contribution < 1.29 is 10.0 Å². The van der Waals surface area contributed by atoms with Gasteiger partial charge in [0.2, 0.25) is 0 Å². The molecule has 0 fully saturated rings. The van der Waals surface area contributed by atoms with Gasteiger partial charge in [0.05, 0.1) is 16.9 Å². The van der Waals surface area contributed by atoms with Crippen molar-refractivity contribution >= 4 is 22.1 Å². The summed E-state index contributed by atoms with van der Waals surface area (Å²) in [4.78, 5) is 14.4. The Balaban J connectivity index is 2.57. The van der Waals surface area contributed by atoms with Gasteiger partial charge in [-0.1, -0.05) is 0 Å². The van der Waals surface area contributed by atoms with E-state index in [9.17, 15) is 10.1 Å². The van der Waals surface area contributed by atoms with E-state index < -0.39 is 4.92 Å². The Morgan fingerprint density at radius 1 is 1.44 bits per heavy atom. The summed E-state index contributed by atoms with van der Waals surface area (Å²) in [5.74, 6) is 0. The molecule has 94 valence electrons.